The SMILES string of the molecule is O=[N+]([O-])[O-].O=[N+]([O-])[O-].O=[N+]([O-])[O-].[Ag+].[H+].[H+]. The van der Waals surface area contributed by atoms with E-state index in [0.29, 0.717) is 0 Å². The van der Waals surface area contributed by atoms with Crippen molar-refractivity contribution < 1.29 is 40.5 Å². The molecule has 0 rings (SSSR count). The molecule has 0 saturated carbocycles. The van der Waals surface area contributed by atoms with Crippen LogP contribution >= 0.6 is 0 Å². The zero-order valence-electron chi connectivity index (χ0n) is 7.32. The first-order chi connectivity index (χ1) is 5.20. The minimum absolute atomic E-state index is 0. The van der Waals surface area contributed by atoms with E-state index in [-0.39, 0.29) is 25.2 Å². The molecule has 82 valence electrons. The van der Waals surface area contributed by atoms with Gasteiger partial charge >= 0.3 is 25.2 Å². The largest absolute Gasteiger partial charge is 1.00 e. The van der Waals surface area contributed by atoms with Gasteiger partial charge in [0, 0.05) is 0 Å². The monoisotopic (exact) mass is 295 g/mol. The van der Waals surface area contributed by atoms with Crippen molar-refractivity contribution >= 4 is 0 Å². The molecule has 0 fully saturated rings. The molecule has 0 aliphatic heterocycles. The summed E-state index contributed by atoms with van der Waals surface area (Å²) >= 11 is 0. The van der Waals surface area contributed by atoms with Gasteiger partial charge in [-0.15, -0.1) is 0 Å². The zero-order valence-corrected chi connectivity index (χ0v) is 6.80. The summed E-state index contributed by atoms with van der Waals surface area (Å²) in [6.45, 7) is 0. The van der Waals surface area contributed by atoms with Crippen LogP contribution < -0.4 is 0 Å². The summed E-state index contributed by atoms with van der Waals surface area (Å²) in [5, 5.41) is 44.2. The topological polar surface area (TPSA) is 199 Å². The van der Waals surface area contributed by atoms with E-state index in [4.69, 9.17) is 46.0 Å². The van der Waals surface area contributed by atoms with Crippen LogP contribution in [0.4, 0.5) is 0 Å². The molecule has 13 heteroatoms. The first-order valence-electron chi connectivity index (χ1n) is 1.64. The van der Waals surface area contributed by atoms with Crippen LogP contribution in [0.1, 0.15) is 2.85 Å². The Hall–Kier alpha value is -1.66. The summed E-state index contributed by atoms with van der Waals surface area (Å²) < 4.78 is 0. The summed E-state index contributed by atoms with van der Waals surface area (Å²) in [5.41, 5.74) is 0. The van der Waals surface area contributed by atoms with Crippen LogP contribution in [-0.4, -0.2) is 15.3 Å². The Labute approximate surface area is 87.2 Å². The summed E-state index contributed by atoms with van der Waals surface area (Å²) in [6, 6.07) is 0. The van der Waals surface area contributed by atoms with Gasteiger partial charge in [0.15, 0.2) is 0 Å². The third kappa shape index (κ3) is 261. The van der Waals surface area contributed by atoms with Crippen molar-refractivity contribution in [2.45, 2.75) is 0 Å². The number of rotatable bonds is 0. The maximum atomic E-state index is 8.25. The predicted molar refractivity (Wildman–Crippen MR) is 33.3 cm³/mol. The van der Waals surface area contributed by atoms with Crippen LogP contribution in [0.25, 0.3) is 0 Å². The molecule has 0 N–H and O–H groups in total. The Kier molecular flexibility index (Phi) is 29.0. The van der Waals surface area contributed by atoms with Gasteiger partial charge in [0.2, 0.25) is 0 Å². The summed E-state index contributed by atoms with van der Waals surface area (Å²) in [6.07, 6.45) is 0. The van der Waals surface area contributed by atoms with Crippen molar-refractivity contribution in [1.29, 1.82) is 0 Å². The second-order valence-corrected chi connectivity index (χ2v) is 0.671. The molecule has 0 aliphatic rings. The molecular formula is H2AgN3O9. The summed E-state index contributed by atoms with van der Waals surface area (Å²) in [4.78, 5) is 24.8. The Morgan fingerprint density at radius 3 is 0.615 bits per heavy atom. The molecule has 0 aromatic heterocycles. The molecule has 0 unspecified atom stereocenters. The average Bonchev–Trinajstić information content (AvgIpc) is 1.54. The molecule has 0 bridgehead atoms. The molecule has 0 saturated heterocycles. The third-order valence-corrected chi connectivity index (χ3v) is 0. The molecule has 0 aromatic rings. The molecule has 0 aromatic carbocycles. The van der Waals surface area contributed by atoms with Gasteiger partial charge in [-0.3, -0.25) is 0 Å². The van der Waals surface area contributed by atoms with Crippen LogP contribution in [0, 0.1) is 46.0 Å². The van der Waals surface area contributed by atoms with E-state index in [2.05, 4.69) is 0 Å². The molecule has 0 heterocycles. The molecule has 0 radical (unpaired) electrons. The number of nitrogens with zero attached hydrogens (tertiary/aromatic N) is 3. The Bertz CT molecular complexity index is 121. The van der Waals surface area contributed by atoms with E-state index in [1.165, 1.54) is 0 Å². The Morgan fingerprint density at radius 2 is 0.615 bits per heavy atom. The fourth-order valence-corrected chi connectivity index (χ4v) is 0. The van der Waals surface area contributed by atoms with Gasteiger partial charge in [0.05, 0.1) is 15.3 Å². The van der Waals surface area contributed by atoms with Crippen LogP contribution in [-0.2, 0) is 22.4 Å². The van der Waals surface area contributed by atoms with Crippen LogP contribution in [0.2, 0.25) is 0 Å². The van der Waals surface area contributed by atoms with Crippen LogP contribution in [0.15, 0.2) is 0 Å². The van der Waals surface area contributed by atoms with Crippen molar-refractivity contribution in [2.24, 2.45) is 0 Å². The predicted octanol–water partition coefficient (Wildman–Crippen LogP) is -0.495. The molecule has 0 spiro atoms. The number of hydrogen-bond acceptors (Lipinski definition) is 9. The average molecular weight is 296 g/mol. The standard InChI is InChI=1S/Ag.3NO3/c;3*2-1(3)4/q+1;3*-1/p+2. The van der Waals surface area contributed by atoms with Crippen LogP contribution in [0.5, 0.6) is 0 Å². The summed E-state index contributed by atoms with van der Waals surface area (Å²) in [5.74, 6) is 0. The van der Waals surface area contributed by atoms with E-state index >= 15 is 0 Å². The molecule has 0 atom stereocenters. The van der Waals surface area contributed by atoms with Crippen LogP contribution in [0.3, 0.4) is 0 Å². The van der Waals surface area contributed by atoms with Gasteiger partial charge in [0.1, 0.15) is 0 Å². The minimum atomic E-state index is -1.75. The molecule has 13 heavy (non-hydrogen) atoms. The second kappa shape index (κ2) is 16.7. The molecule has 0 aliphatic carbocycles. The van der Waals surface area contributed by atoms with Gasteiger partial charge in [-0.05, 0) is 0 Å². The first kappa shape index (κ1) is 22.5. The molecule has 0 amide bonds. The van der Waals surface area contributed by atoms with Gasteiger partial charge < -0.3 is 46.0 Å². The quantitative estimate of drug-likeness (QED) is 0.321. The molecule has 12 nitrogen and oxygen atoms in total. The normalized spacial score (nSPS) is 5.54. The van der Waals surface area contributed by atoms with E-state index in [9.17, 15) is 0 Å². The van der Waals surface area contributed by atoms with Gasteiger partial charge in [-0.1, -0.05) is 0 Å². The van der Waals surface area contributed by atoms with Crippen molar-refractivity contribution in [1.82, 2.24) is 0 Å². The molecular weight excluding hydrogens is 294 g/mol. The summed E-state index contributed by atoms with van der Waals surface area (Å²) in [7, 11) is 0. The fraction of sp³-hybridized carbons (Fsp3) is 0. The van der Waals surface area contributed by atoms with E-state index in [1.807, 2.05) is 0 Å². The number of hydrogen-bond donors (Lipinski definition) is 0. The van der Waals surface area contributed by atoms with Gasteiger partial charge in [-0.25, -0.2) is 0 Å². The smallest absolute Gasteiger partial charge is 0.356 e. The van der Waals surface area contributed by atoms with E-state index in [1.54, 1.807) is 0 Å². The van der Waals surface area contributed by atoms with E-state index in [0.717, 1.165) is 0 Å². The maximum absolute atomic E-state index is 8.25. The minimum Gasteiger partial charge on any atom is -0.356 e. The Balaban J connectivity index is -0.0000000184. The van der Waals surface area contributed by atoms with Crippen molar-refractivity contribution in [3.63, 3.8) is 0 Å². The van der Waals surface area contributed by atoms with Gasteiger partial charge in [0.25, 0.3) is 0 Å². The van der Waals surface area contributed by atoms with Crippen molar-refractivity contribution in [2.75, 3.05) is 0 Å². The first-order valence-corrected chi connectivity index (χ1v) is 1.64. The second-order valence-electron chi connectivity index (χ2n) is 0.671. The third-order valence-electron chi connectivity index (χ3n) is 0. The maximum Gasteiger partial charge on any atom is 1.00 e. The van der Waals surface area contributed by atoms with Crippen molar-refractivity contribution in [3.8, 4) is 0 Å². The Morgan fingerprint density at radius 1 is 0.615 bits per heavy atom. The van der Waals surface area contributed by atoms with E-state index < -0.39 is 15.3 Å². The zero-order chi connectivity index (χ0) is 10.7. The fourth-order valence-electron chi connectivity index (χ4n) is 0. The van der Waals surface area contributed by atoms with Crippen molar-refractivity contribution in [3.05, 3.63) is 46.0 Å². The van der Waals surface area contributed by atoms with Gasteiger partial charge in [-0.2, -0.15) is 0 Å².